The summed E-state index contributed by atoms with van der Waals surface area (Å²) in [6.45, 7) is 4.79. The van der Waals surface area contributed by atoms with Crippen molar-refractivity contribution in [1.82, 2.24) is 14.9 Å². The molecule has 0 unspecified atom stereocenters. The van der Waals surface area contributed by atoms with Crippen molar-refractivity contribution in [3.8, 4) is 11.3 Å². The SMILES string of the molecule is Cc1ccc(-c2ccc(CNCCCn3ccnc3)o2)cc1. The van der Waals surface area contributed by atoms with Crippen molar-refractivity contribution >= 4 is 0 Å². The summed E-state index contributed by atoms with van der Waals surface area (Å²) in [5, 5.41) is 3.41. The monoisotopic (exact) mass is 295 g/mol. The fourth-order valence-corrected chi connectivity index (χ4v) is 2.36. The Bertz CT molecular complexity index is 683. The molecular formula is C18H21N3O. The summed E-state index contributed by atoms with van der Waals surface area (Å²) in [7, 11) is 0. The molecule has 1 aromatic carbocycles. The Kier molecular flexibility index (Phi) is 4.71. The second-order valence-corrected chi connectivity index (χ2v) is 5.46. The van der Waals surface area contributed by atoms with Crippen molar-refractivity contribution in [3.05, 3.63) is 66.4 Å². The summed E-state index contributed by atoms with van der Waals surface area (Å²) in [6, 6.07) is 12.5. The molecule has 4 nitrogen and oxygen atoms in total. The van der Waals surface area contributed by atoms with Gasteiger partial charge in [0.2, 0.25) is 0 Å². The lowest BCUT2D eigenvalue weighted by Crippen LogP contribution is -2.15. The molecule has 3 aromatic rings. The van der Waals surface area contributed by atoms with Crippen LogP contribution in [0.3, 0.4) is 0 Å². The number of aromatic nitrogens is 2. The number of nitrogens with zero attached hydrogens (tertiary/aromatic N) is 2. The van der Waals surface area contributed by atoms with E-state index in [1.807, 2.05) is 30.9 Å². The maximum absolute atomic E-state index is 5.88. The Morgan fingerprint density at radius 3 is 2.77 bits per heavy atom. The lowest BCUT2D eigenvalue weighted by atomic mass is 10.1. The molecule has 0 aliphatic carbocycles. The molecule has 0 spiro atoms. The van der Waals surface area contributed by atoms with Crippen molar-refractivity contribution in [2.24, 2.45) is 0 Å². The molecule has 4 heteroatoms. The van der Waals surface area contributed by atoms with Gasteiger partial charge < -0.3 is 14.3 Å². The van der Waals surface area contributed by atoms with Crippen molar-refractivity contribution in [2.45, 2.75) is 26.4 Å². The lowest BCUT2D eigenvalue weighted by Gasteiger charge is -2.04. The predicted molar refractivity (Wildman–Crippen MR) is 87.4 cm³/mol. The third-order valence-electron chi connectivity index (χ3n) is 3.63. The highest BCUT2D eigenvalue weighted by molar-refractivity contribution is 5.57. The molecule has 0 aliphatic rings. The van der Waals surface area contributed by atoms with Gasteiger partial charge in [0.1, 0.15) is 11.5 Å². The van der Waals surface area contributed by atoms with E-state index in [-0.39, 0.29) is 0 Å². The predicted octanol–water partition coefficient (Wildman–Crippen LogP) is 3.63. The topological polar surface area (TPSA) is 43.0 Å². The van der Waals surface area contributed by atoms with E-state index in [1.54, 1.807) is 0 Å². The molecule has 0 saturated heterocycles. The van der Waals surface area contributed by atoms with E-state index in [4.69, 9.17) is 4.42 Å². The average molecular weight is 295 g/mol. The zero-order valence-electron chi connectivity index (χ0n) is 12.8. The smallest absolute Gasteiger partial charge is 0.134 e. The van der Waals surface area contributed by atoms with Crippen LogP contribution in [0.1, 0.15) is 17.7 Å². The normalized spacial score (nSPS) is 11.0. The highest BCUT2D eigenvalue weighted by Gasteiger charge is 2.04. The third kappa shape index (κ3) is 3.86. The molecule has 0 radical (unpaired) electrons. The van der Waals surface area contributed by atoms with Crippen molar-refractivity contribution in [3.63, 3.8) is 0 Å². The molecule has 0 aliphatic heterocycles. The number of imidazole rings is 1. The molecule has 22 heavy (non-hydrogen) atoms. The van der Waals surface area contributed by atoms with E-state index >= 15 is 0 Å². The third-order valence-corrected chi connectivity index (χ3v) is 3.63. The first-order valence-electron chi connectivity index (χ1n) is 7.63. The van der Waals surface area contributed by atoms with Crippen LogP contribution in [0.2, 0.25) is 0 Å². The van der Waals surface area contributed by atoms with Crippen molar-refractivity contribution in [1.29, 1.82) is 0 Å². The summed E-state index contributed by atoms with van der Waals surface area (Å²) >= 11 is 0. The largest absolute Gasteiger partial charge is 0.460 e. The summed E-state index contributed by atoms with van der Waals surface area (Å²) in [5.41, 5.74) is 2.38. The molecule has 3 rings (SSSR count). The van der Waals surface area contributed by atoms with Gasteiger partial charge in [-0.15, -0.1) is 0 Å². The molecule has 0 fully saturated rings. The minimum Gasteiger partial charge on any atom is -0.460 e. The summed E-state index contributed by atoms with van der Waals surface area (Å²) in [5.74, 6) is 1.90. The molecular weight excluding hydrogens is 274 g/mol. The summed E-state index contributed by atoms with van der Waals surface area (Å²) < 4.78 is 7.97. The van der Waals surface area contributed by atoms with Gasteiger partial charge in [0.25, 0.3) is 0 Å². The first kappa shape index (κ1) is 14.6. The van der Waals surface area contributed by atoms with Crippen LogP contribution in [0, 0.1) is 6.92 Å². The zero-order chi connectivity index (χ0) is 15.2. The lowest BCUT2D eigenvalue weighted by molar-refractivity contribution is 0.484. The Morgan fingerprint density at radius 1 is 1.14 bits per heavy atom. The number of nitrogens with one attached hydrogen (secondary N) is 1. The molecule has 0 bridgehead atoms. The number of hydrogen-bond acceptors (Lipinski definition) is 3. The van der Waals surface area contributed by atoms with Crippen LogP contribution in [-0.4, -0.2) is 16.1 Å². The fraction of sp³-hybridized carbons (Fsp3) is 0.278. The van der Waals surface area contributed by atoms with Gasteiger partial charge in [0, 0.05) is 24.5 Å². The van der Waals surface area contributed by atoms with E-state index in [2.05, 4.69) is 46.1 Å². The van der Waals surface area contributed by atoms with Crippen LogP contribution in [0.15, 0.2) is 59.5 Å². The van der Waals surface area contributed by atoms with Gasteiger partial charge in [0.05, 0.1) is 12.9 Å². The van der Waals surface area contributed by atoms with E-state index < -0.39 is 0 Å². The summed E-state index contributed by atoms with van der Waals surface area (Å²) in [4.78, 5) is 4.03. The first-order chi connectivity index (χ1) is 10.8. The summed E-state index contributed by atoms with van der Waals surface area (Å²) in [6.07, 6.45) is 6.71. The maximum atomic E-state index is 5.88. The van der Waals surface area contributed by atoms with E-state index in [0.717, 1.165) is 43.1 Å². The quantitative estimate of drug-likeness (QED) is 0.677. The van der Waals surface area contributed by atoms with Crippen LogP contribution >= 0.6 is 0 Å². The van der Waals surface area contributed by atoms with Crippen LogP contribution in [0.5, 0.6) is 0 Å². The van der Waals surface area contributed by atoms with Gasteiger partial charge >= 0.3 is 0 Å². The second-order valence-electron chi connectivity index (χ2n) is 5.46. The fourth-order valence-electron chi connectivity index (χ4n) is 2.36. The Morgan fingerprint density at radius 2 is 2.00 bits per heavy atom. The van der Waals surface area contributed by atoms with Crippen molar-refractivity contribution in [2.75, 3.05) is 6.54 Å². The first-order valence-corrected chi connectivity index (χ1v) is 7.63. The molecule has 114 valence electrons. The van der Waals surface area contributed by atoms with Gasteiger partial charge in [-0.1, -0.05) is 29.8 Å². The standard InChI is InChI=1S/C18H21N3O/c1-15-3-5-16(6-4-15)18-8-7-17(22-18)13-19-9-2-11-21-12-10-20-14-21/h3-8,10,12,14,19H,2,9,11,13H2,1H3. The van der Waals surface area contributed by atoms with Crippen molar-refractivity contribution < 1.29 is 4.42 Å². The average Bonchev–Trinajstić information content (AvgIpc) is 3.19. The van der Waals surface area contributed by atoms with Gasteiger partial charge in [0.15, 0.2) is 0 Å². The second kappa shape index (κ2) is 7.09. The minimum atomic E-state index is 0.760. The van der Waals surface area contributed by atoms with Gasteiger partial charge in [-0.05, 0) is 32.0 Å². The van der Waals surface area contributed by atoms with E-state index in [1.165, 1.54) is 5.56 Å². The molecule has 0 amide bonds. The van der Waals surface area contributed by atoms with Crippen LogP contribution in [-0.2, 0) is 13.1 Å². The Hall–Kier alpha value is -2.33. The molecule has 0 saturated carbocycles. The molecule has 2 heterocycles. The number of benzene rings is 1. The highest BCUT2D eigenvalue weighted by atomic mass is 16.3. The van der Waals surface area contributed by atoms with E-state index in [0.29, 0.717) is 0 Å². The van der Waals surface area contributed by atoms with Crippen LogP contribution in [0.25, 0.3) is 11.3 Å². The number of hydrogen-bond donors (Lipinski definition) is 1. The molecule has 0 atom stereocenters. The number of aryl methyl sites for hydroxylation is 2. The van der Waals surface area contributed by atoms with Crippen LogP contribution in [0.4, 0.5) is 0 Å². The van der Waals surface area contributed by atoms with E-state index in [9.17, 15) is 0 Å². The van der Waals surface area contributed by atoms with Gasteiger partial charge in [-0.25, -0.2) is 4.98 Å². The minimum absolute atomic E-state index is 0.760. The zero-order valence-corrected chi connectivity index (χ0v) is 12.8. The molecule has 2 aromatic heterocycles. The van der Waals surface area contributed by atoms with Gasteiger partial charge in [-0.2, -0.15) is 0 Å². The van der Waals surface area contributed by atoms with Crippen LogP contribution < -0.4 is 5.32 Å². The molecule has 1 N–H and O–H groups in total. The Balaban J connectivity index is 1.44. The number of furan rings is 1. The number of rotatable bonds is 7. The maximum Gasteiger partial charge on any atom is 0.134 e. The highest BCUT2D eigenvalue weighted by Crippen LogP contribution is 2.22. The van der Waals surface area contributed by atoms with Gasteiger partial charge in [-0.3, -0.25) is 0 Å². The Labute approximate surface area is 130 Å².